The van der Waals surface area contributed by atoms with Crippen molar-refractivity contribution in [2.45, 2.75) is 26.4 Å². The van der Waals surface area contributed by atoms with Crippen molar-refractivity contribution in [2.75, 3.05) is 12.4 Å². The van der Waals surface area contributed by atoms with Crippen LogP contribution >= 0.6 is 0 Å². The van der Waals surface area contributed by atoms with Gasteiger partial charge in [0, 0.05) is 18.3 Å². The fourth-order valence-electron chi connectivity index (χ4n) is 1.28. The summed E-state index contributed by atoms with van der Waals surface area (Å²) in [6, 6.07) is 3.80. The molecule has 0 aliphatic heterocycles. The van der Waals surface area contributed by atoms with E-state index in [1.807, 2.05) is 33.0 Å². The van der Waals surface area contributed by atoms with Gasteiger partial charge >= 0.3 is 0 Å². The summed E-state index contributed by atoms with van der Waals surface area (Å²) in [4.78, 5) is 4.29. The number of rotatable bonds is 3. The van der Waals surface area contributed by atoms with Gasteiger partial charge in [-0.3, -0.25) is 0 Å². The van der Waals surface area contributed by atoms with Crippen LogP contribution < -0.4 is 5.32 Å². The largest absolute Gasteiger partial charge is 0.388 e. The van der Waals surface area contributed by atoms with Gasteiger partial charge in [0.2, 0.25) is 0 Å². The Morgan fingerprint density at radius 3 is 2.69 bits per heavy atom. The monoisotopic (exact) mass is 180 g/mol. The molecule has 3 nitrogen and oxygen atoms in total. The molecule has 0 saturated heterocycles. The lowest BCUT2D eigenvalue weighted by Gasteiger charge is -2.11. The third kappa shape index (κ3) is 2.18. The van der Waals surface area contributed by atoms with Crippen LogP contribution in [-0.2, 0) is 0 Å². The molecule has 1 aromatic heterocycles. The standard InChI is InChI=1S/C10H16N2O/c1-4-9(13)8-5-6-10(11-3)12-7(8)2/h5-6,9,13H,4H2,1-3H3,(H,11,12)/t9-/m1/s1. The van der Waals surface area contributed by atoms with Crippen LogP contribution in [0.1, 0.15) is 30.7 Å². The van der Waals surface area contributed by atoms with Crippen LogP contribution in [0.15, 0.2) is 12.1 Å². The molecule has 0 radical (unpaired) electrons. The van der Waals surface area contributed by atoms with E-state index in [9.17, 15) is 5.11 Å². The molecule has 0 bridgehead atoms. The lowest BCUT2D eigenvalue weighted by atomic mass is 10.1. The van der Waals surface area contributed by atoms with Crippen molar-refractivity contribution in [3.05, 3.63) is 23.4 Å². The van der Waals surface area contributed by atoms with Crippen molar-refractivity contribution in [3.8, 4) is 0 Å². The van der Waals surface area contributed by atoms with Crippen molar-refractivity contribution in [1.29, 1.82) is 0 Å². The number of hydrogen-bond donors (Lipinski definition) is 2. The molecule has 0 unspecified atom stereocenters. The Hall–Kier alpha value is -1.09. The molecular weight excluding hydrogens is 164 g/mol. The summed E-state index contributed by atoms with van der Waals surface area (Å²) in [5.41, 5.74) is 1.81. The zero-order valence-corrected chi connectivity index (χ0v) is 8.33. The normalized spacial score (nSPS) is 12.6. The van der Waals surface area contributed by atoms with E-state index < -0.39 is 6.10 Å². The van der Waals surface area contributed by atoms with E-state index in [2.05, 4.69) is 10.3 Å². The van der Waals surface area contributed by atoms with Gasteiger partial charge in [0.25, 0.3) is 0 Å². The average Bonchev–Trinajstić information content (AvgIpc) is 2.16. The fourth-order valence-corrected chi connectivity index (χ4v) is 1.28. The molecule has 1 rings (SSSR count). The van der Waals surface area contributed by atoms with E-state index in [-0.39, 0.29) is 0 Å². The van der Waals surface area contributed by atoms with Crippen LogP contribution in [0.3, 0.4) is 0 Å². The molecule has 2 N–H and O–H groups in total. The number of nitrogens with zero attached hydrogens (tertiary/aromatic N) is 1. The maximum Gasteiger partial charge on any atom is 0.125 e. The Morgan fingerprint density at radius 1 is 1.54 bits per heavy atom. The van der Waals surface area contributed by atoms with Crippen LogP contribution in [0.2, 0.25) is 0 Å². The van der Waals surface area contributed by atoms with Crippen LogP contribution in [0, 0.1) is 6.92 Å². The van der Waals surface area contributed by atoms with Gasteiger partial charge in [-0.25, -0.2) is 4.98 Å². The van der Waals surface area contributed by atoms with Gasteiger partial charge in [0.05, 0.1) is 6.10 Å². The number of anilines is 1. The van der Waals surface area contributed by atoms with Gasteiger partial charge in [0.1, 0.15) is 5.82 Å². The molecule has 0 aromatic carbocycles. The van der Waals surface area contributed by atoms with Gasteiger partial charge in [-0.05, 0) is 19.4 Å². The molecule has 0 aliphatic rings. The second-order valence-electron chi connectivity index (χ2n) is 3.05. The SMILES string of the molecule is CC[C@@H](O)c1ccc(NC)nc1C. The zero-order valence-electron chi connectivity index (χ0n) is 8.33. The van der Waals surface area contributed by atoms with Crippen molar-refractivity contribution in [3.63, 3.8) is 0 Å². The molecule has 0 spiro atoms. The first-order chi connectivity index (χ1) is 6.19. The molecule has 1 heterocycles. The predicted molar refractivity (Wildman–Crippen MR) is 53.8 cm³/mol. The highest BCUT2D eigenvalue weighted by molar-refractivity contribution is 5.38. The quantitative estimate of drug-likeness (QED) is 0.746. The summed E-state index contributed by atoms with van der Waals surface area (Å²) in [6.07, 6.45) is 0.333. The van der Waals surface area contributed by atoms with E-state index >= 15 is 0 Å². The van der Waals surface area contributed by atoms with Crippen LogP contribution in [-0.4, -0.2) is 17.1 Å². The molecule has 72 valence electrons. The first-order valence-corrected chi connectivity index (χ1v) is 4.52. The van der Waals surface area contributed by atoms with Crippen molar-refractivity contribution < 1.29 is 5.11 Å². The molecule has 13 heavy (non-hydrogen) atoms. The third-order valence-electron chi connectivity index (χ3n) is 2.13. The Morgan fingerprint density at radius 2 is 2.23 bits per heavy atom. The second kappa shape index (κ2) is 4.23. The van der Waals surface area contributed by atoms with Crippen LogP contribution in [0.5, 0.6) is 0 Å². The van der Waals surface area contributed by atoms with Crippen molar-refractivity contribution in [1.82, 2.24) is 4.98 Å². The summed E-state index contributed by atoms with van der Waals surface area (Å²) in [5, 5.41) is 12.6. The maximum atomic E-state index is 9.61. The van der Waals surface area contributed by atoms with E-state index in [1.165, 1.54) is 0 Å². The van der Waals surface area contributed by atoms with Gasteiger partial charge in [-0.2, -0.15) is 0 Å². The maximum absolute atomic E-state index is 9.61. The highest BCUT2D eigenvalue weighted by Crippen LogP contribution is 2.20. The minimum absolute atomic E-state index is 0.390. The first-order valence-electron chi connectivity index (χ1n) is 4.52. The molecule has 1 aromatic rings. The summed E-state index contributed by atoms with van der Waals surface area (Å²) in [6.45, 7) is 3.87. The Labute approximate surface area is 78.8 Å². The minimum atomic E-state index is -0.390. The average molecular weight is 180 g/mol. The third-order valence-corrected chi connectivity index (χ3v) is 2.13. The summed E-state index contributed by atoms with van der Waals surface area (Å²) in [5.74, 6) is 0.838. The number of nitrogens with one attached hydrogen (secondary N) is 1. The van der Waals surface area contributed by atoms with Gasteiger partial charge in [-0.15, -0.1) is 0 Å². The number of aromatic nitrogens is 1. The van der Waals surface area contributed by atoms with E-state index in [0.717, 1.165) is 23.5 Å². The minimum Gasteiger partial charge on any atom is -0.388 e. The van der Waals surface area contributed by atoms with E-state index in [0.29, 0.717) is 0 Å². The van der Waals surface area contributed by atoms with Crippen molar-refractivity contribution in [2.24, 2.45) is 0 Å². The van der Waals surface area contributed by atoms with Crippen molar-refractivity contribution >= 4 is 5.82 Å². The second-order valence-corrected chi connectivity index (χ2v) is 3.05. The molecular formula is C10H16N2O. The number of hydrogen-bond acceptors (Lipinski definition) is 3. The smallest absolute Gasteiger partial charge is 0.125 e. The van der Waals surface area contributed by atoms with E-state index in [4.69, 9.17) is 0 Å². The molecule has 1 atom stereocenters. The molecule has 0 amide bonds. The Balaban J connectivity index is 2.98. The summed E-state index contributed by atoms with van der Waals surface area (Å²) < 4.78 is 0. The van der Waals surface area contributed by atoms with E-state index in [1.54, 1.807) is 0 Å². The first kappa shape index (κ1) is 9.99. The summed E-state index contributed by atoms with van der Waals surface area (Å²) in [7, 11) is 1.83. The number of aliphatic hydroxyl groups is 1. The lowest BCUT2D eigenvalue weighted by Crippen LogP contribution is -2.02. The molecule has 0 fully saturated rings. The zero-order chi connectivity index (χ0) is 9.84. The Bertz CT molecular complexity index is 286. The molecule has 0 aliphatic carbocycles. The Kier molecular flexibility index (Phi) is 3.25. The number of aryl methyl sites for hydroxylation is 1. The number of pyridine rings is 1. The number of aliphatic hydroxyl groups excluding tert-OH is 1. The lowest BCUT2D eigenvalue weighted by molar-refractivity contribution is 0.172. The van der Waals surface area contributed by atoms with Gasteiger partial charge in [-0.1, -0.05) is 13.0 Å². The summed E-state index contributed by atoms with van der Waals surface area (Å²) >= 11 is 0. The van der Waals surface area contributed by atoms with Gasteiger partial charge in [0.15, 0.2) is 0 Å². The fraction of sp³-hybridized carbons (Fsp3) is 0.500. The van der Waals surface area contributed by atoms with Crippen LogP contribution in [0.25, 0.3) is 0 Å². The van der Waals surface area contributed by atoms with Gasteiger partial charge < -0.3 is 10.4 Å². The topological polar surface area (TPSA) is 45.1 Å². The highest BCUT2D eigenvalue weighted by atomic mass is 16.3. The molecule has 3 heteroatoms. The predicted octanol–water partition coefficient (Wildman–Crippen LogP) is 1.88. The molecule has 0 saturated carbocycles. The van der Waals surface area contributed by atoms with Crippen LogP contribution in [0.4, 0.5) is 5.82 Å². The highest BCUT2D eigenvalue weighted by Gasteiger charge is 2.08.